The number of hydrogen-bond donors (Lipinski definition) is 0. The third kappa shape index (κ3) is 4.15. The lowest BCUT2D eigenvalue weighted by Crippen LogP contribution is -2.41. The van der Waals surface area contributed by atoms with Crippen molar-refractivity contribution < 1.29 is 23.8 Å². The minimum absolute atomic E-state index is 0.0126. The molecule has 2 atom stereocenters. The molecule has 2 unspecified atom stereocenters. The Bertz CT molecular complexity index is 998. The summed E-state index contributed by atoms with van der Waals surface area (Å²) in [5.74, 6) is 1.54. The van der Waals surface area contributed by atoms with Gasteiger partial charge in [0, 0.05) is 11.4 Å². The van der Waals surface area contributed by atoms with Crippen LogP contribution in [-0.2, 0) is 28.8 Å². The number of nitrogens with zero attached hydrogens (tertiary/aromatic N) is 1. The molecule has 0 N–H and O–H groups in total. The molecule has 166 valence electrons. The first kappa shape index (κ1) is 21.7. The van der Waals surface area contributed by atoms with Gasteiger partial charge in [0.15, 0.2) is 11.5 Å². The van der Waals surface area contributed by atoms with Crippen LogP contribution < -0.4 is 9.47 Å². The molecule has 4 rings (SSSR count). The third-order valence-corrected chi connectivity index (χ3v) is 7.62. The molecule has 1 aromatic carbocycles. The van der Waals surface area contributed by atoms with Crippen LogP contribution in [-0.4, -0.2) is 44.7 Å². The number of carbonyl (C=O) groups is 2. The Balaban J connectivity index is 1.70. The number of ether oxygens (including phenoxy) is 3. The van der Waals surface area contributed by atoms with Crippen molar-refractivity contribution >= 4 is 23.2 Å². The summed E-state index contributed by atoms with van der Waals surface area (Å²) in [5.41, 5.74) is 3.29. The molecule has 7 heteroatoms. The molecule has 0 saturated heterocycles. The first-order valence-corrected chi connectivity index (χ1v) is 11.5. The Morgan fingerprint density at radius 2 is 1.81 bits per heavy atom. The van der Waals surface area contributed by atoms with Gasteiger partial charge in [-0.15, -0.1) is 11.3 Å². The number of benzene rings is 1. The quantitative estimate of drug-likeness (QED) is 0.649. The number of carbonyl (C=O) groups excluding carboxylic acids is 2. The fourth-order valence-corrected chi connectivity index (χ4v) is 5.85. The molecule has 1 aromatic heterocycles. The lowest BCUT2D eigenvalue weighted by atomic mass is 9.89. The Morgan fingerprint density at radius 1 is 1.06 bits per heavy atom. The maximum atomic E-state index is 13.6. The molecule has 2 aromatic rings. The van der Waals surface area contributed by atoms with Gasteiger partial charge >= 0.3 is 5.97 Å². The Kier molecular flexibility index (Phi) is 6.23. The fraction of sp³-hybridized carbons (Fsp3) is 0.500. The second-order valence-corrected chi connectivity index (χ2v) is 9.49. The van der Waals surface area contributed by atoms with Crippen molar-refractivity contribution in [1.82, 2.24) is 4.90 Å². The average Bonchev–Trinajstić information content (AvgIpc) is 3.20. The van der Waals surface area contributed by atoms with E-state index in [1.807, 2.05) is 17.0 Å². The molecule has 0 spiro atoms. The predicted molar refractivity (Wildman–Crippen MR) is 119 cm³/mol. The van der Waals surface area contributed by atoms with Crippen molar-refractivity contribution in [3.8, 4) is 11.5 Å². The molecule has 31 heavy (non-hydrogen) atoms. The third-order valence-electron chi connectivity index (χ3n) is 6.39. The summed E-state index contributed by atoms with van der Waals surface area (Å²) in [5, 5.41) is 0. The van der Waals surface area contributed by atoms with Gasteiger partial charge in [-0.1, -0.05) is 6.92 Å². The number of methoxy groups -OCH3 is 3. The Labute approximate surface area is 187 Å². The summed E-state index contributed by atoms with van der Waals surface area (Å²) < 4.78 is 15.9. The second-order valence-electron chi connectivity index (χ2n) is 8.36. The van der Waals surface area contributed by atoms with Crippen molar-refractivity contribution in [1.29, 1.82) is 0 Å². The molecule has 0 fully saturated rings. The van der Waals surface area contributed by atoms with E-state index in [1.165, 1.54) is 24.0 Å². The largest absolute Gasteiger partial charge is 0.493 e. The highest BCUT2D eigenvalue weighted by Crippen LogP contribution is 2.41. The summed E-state index contributed by atoms with van der Waals surface area (Å²) >= 11 is 1.61. The maximum Gasteiger partial charge on any atom is 0.307 e. The van der Waals surface area contributed by atoms with Gasteiger partial charge in [0.1, 0.15) is 0 Å². The zero-order valence-electron chi connectivity index (χ0n) is 18.5. The molecule has 1 aliphatic carbocycles. The topological polar surface area (TPSA) is 65.1 Å². The van der Waals surface area contributed by atoms with E-state index in [4.69, 9.17) is 14.2 Å². The summed E-state index contributed by atoms with van der Waals surface area (Å²) in [6.45, 7) is 2.81. The number of hydrogen-bond acceptors (Lipinski definition) is 6. The van der Waals surface area contributed by atoms with Crippen LogP contribution in [0.15, 0.2) is 18.2 Å². The van der Waals surface area contributed by atoms with Crippen LogP contribution in [0.25, 0.3) is 0 Å². The van der Waals surface area contributed by atoms with Gasteiger partial charge in [-0.25, -0.2) is 0 Å². The first-order valence-electron chi connectivity index (χ1n) is 10.7. The molecule has 6 nitrogen and oxygen atoms in total. The predicted octanol–water partition coefficient (Wildman–Crippen LogP) is 4.19. The van der Waals surface area contributed by atoms with Crippen LogP contribution in [0.1, 0.15) is 57.0 Å². The highest BCUT2D eigenvalue weighted by molar-refractivity contribution is 7.14. The number of aryl methyl sites for hydroxylation is 1. The summed E-state index contributed by atoms with van der Waals surface area (Å²) in [4.78, 5) is 29.8. The van der Waals surface area contributed by atoms with Crippen LogP contribution in [0, 0.1) is 5.92 Å². The summed E-state index contributed by atoms with van der Waals surface area (Å²) in [7, 11) is 4.57. The molecular weight excluding hydrogens is 414 g/mol. The van der Waals surface area contributed by atoms with E-state index in [-0.39, 0.29) is 18.3 Å². The van der Waals surface area contributed by atoms with Gasteiger partial charge in [-0.05, 0) is 66.5 Å². The van der Waals surface area contributed by atoms with Crippen LogP contribution >= 0.6 is 11.3 Å². The summed E-state index contributed by atoms with van der Waals surface area (Å²) in [6.07, 6.45) is 4.04. The fourth-order valence-electron chi connectivity index (χ4n) is 4.69. The minimum Gasteiger partial charge on any atom is -0.493 e. The van der Waals surface area contributed by atoms with Crippen molar-refractivity contribution in [3.05, 3.63) is 44.6 Å². The van der Waals surface area contributed by atoms with E-state index < -0.39 is 6.04 Å². The van der Waals surface area contributed by atoms with Crippen LogP contribution in [0.5, 0.6) is 11.5 Å². The minimum atomic E-state index is -0.401. The lowest BCUT2D eigenvalue weighted by Gasteiger charge is -2.37. The van der Waals surface area contributed by atoms with E-state index in [9.17, 15) is 9.59 Å². The van der Waals surface area contributed by atoms with E-state index >= 15 is 0 Å². The van der Waals surface area contributed by atoms with Crippen LogP contribution in [0.3, 0.4) is 0 Å². The molecule has 2 aliphatic rings. The first-order chi connectivity index (χ1) is 14.9. The molecule has 1 amide bonds. The maximum absolute atomic E-state index is 13.6. The highest BCUT2D eigenvalue weighted by atomic mass is 32.1. The molecule has 0 saturated carbocycles. The molecule has 0 bridgehead atoms. The van der Waals surface area contributed by atoms with Crippen molar-refractivity contribution in [2.24, 2.45) is 5.92 Å². The number of rotatable bonds is 5. The Morgan fingerprint density at radius 3 is 2.52 bits per heavy atom. The normalized spacial score (nSPS) is 19.9. The Hall–Kier alpha value is -2.54. The zero-order valence-corrected chi connectivity index (χ0v) is 19.3. The van der Waals surface area contributed by atoms with Gasteiger partial charge in [0.2, 0.25) is 0 Å². The SMILES string of the molecule is COC(=O)CC1c2cc(OC)c(OC)cc2CCN1C(=O)c1cc2c(s1)CCC(C)C2. The van der Waals surface area contributed by atoms with Gasteiger partial charge in [-0.2, -0.15) is 0 Å². The van der Waals surface area contributed by atoms with Crippen molar-refractivity contribution in [2.75, 3.05) is 27.9 Å². The molecule has 0 radical (unpaired) electrons. The van der Waals surface area contributed by atoms with Gasteiger partial charge in [0.05, 0.1) is 38.7 Å². The van der Waals surface area contributed by atoms with Crippen molar-refractivity contribution in [2.45, 2.75) is 45.1 Å². The van der Waals surface area contributed by atoms with E-state index in [0.717, 1.165) is 28.8 Å². The van der Waals surface area contributed by atoms with E-state index in [1.54, 1.807) is 25.6 Å². The number of thiophene rings is 1. The number of fused-ring (bicyclic) bond motifs is 2. The molecular formula is C24H29NO5S. The van der Waals surface area contributed by atoms with E-state index in [2.05, 4.69) is 13.0 Å². The van der Waals surface area contributed by atoms with Crippen LogP contribution in [0.2, 0.25) is 0 Å². The van der Waals surface area contributed by atoms with Crippen molar-refractivity contribution in [3.63, 3.8) is 0 Å². The number of esters is 1. The average molecular weight is 444 g/mol. The monoisotopic (exact) mass is 443 g/mol. The van der Waals surface area contributed by atoms with Gasteiger partial charge in [-0.3, -0.25) is 9.59 Å². The smallest absolute Gasteiger partial charge is 0.307 e. The van der Waals surface area contributed by atoms with Crippen LogP contribution in [0.4, 0.5) is 0 Å². The second kappa shape index (κ2) is 8.91. The molecule has 2 heterocycles. The highest BCUT2D eigenvalue weighted by Gasteiger charge is 2.35. The van der Waals surface area contributed by atoms with Gasteiger partial charge in [0.25, 0.3) is 5.91 Å². The zero-order chi connectivity index (χ0) is 22.1. The van der Waals surface area contributed by atoms with Gasteiger partial charge < -0.3 is 19.1 Å². The molecule has 1 aliphatic heterocycles. The van der Waals surface area contributed by atoms with E-state index in [0.29, 0.717) is 30.4 Å². The number of amides is 1. The standard InChI is InChI=1S/C24H29NO5S/c1-14-5-6-21-16(9-14)11-22(31-21)24(27)25-8-7-15-10-19(28-2)20(29-3)12-17(15)18(25)13-23(26)30-4/h10-12,14,18H,5-9,13H2,1-4H3. The summed E-state index contributed by atoms with van der Waals surface area (Å²) in [6, 6.07) is 5.51. The lowest BCUT2D eigenvalue weighted by molar-refractivity contribution is -0.141.